The number of nitrogens with one attached hydrogen (secondary N) is 2. The van der Waals surface area contributed by atoms with Crippen molar-refractivity contribution in [2.75, 3.05) is 5.43 Å². The summed E-state index contributed by atoms with van der Waals surface area (Å²) in [5, 5.41) is 3.60. The summed E-state index contributed by atoms with van der Waals surface area (Å²) in [6, 6.07) is 14.3. The van der Waals surface area contributed by atoms with Crippen molar-refractivity contribution in [1.29, 1.82) is 0 Å². The van der Waals surface area contributed by atoms with Crippen LogP contribution in [0, 0.1) is 0 Å². The first-order valence-corrected chi connectivity index (χ1v) is 6.61. The minimum atomic E-state index is -0.180. The quantitative estimate of drug-likeness (QED) is 0.598. The van der Waals surface area contributed by atoms with Gasteiger partial charge in [0.05, 0.1) is 17.3 Å². The van der Waals surface area contributed by atoms with Gasteiger partial charge in [0.25, 0.3) is 5.91 Å². The van der Waals surface area contributed by atoms with Crippen molar-refractivity contribution >= 4 is 23.2 Å². The second kappa shape index (κ2) is 6.41. The van der Waals surface area contributed by atoms with E-state index < -0.39 is 0 Å². The van der Waals surface area contributed by atoms with Crippen molar-refractivity contribution in [3.05, 3.63) is 64.7 Å². The molecule has 1 amide bonds. The number of amides is 1. The maximum Gasteiger partial charge on any atom is 0.253 e. The number of nitrogens with two attached hydrogens (primary N) is 1. The van der Waals surface area contributed by atoms with Gasteiger partial charge in [-0.25, -0.2) is 0 Å². The van der Waals surface area contributed by atoms with Gasteiger partial charge in [0.2, 0.25) is 0 Å². The number of halogens is 1. The molecule has 2 aromatic carbocycles. The van der Waals surface area contributed by atoms with Crippen LogP contribution < -0.4 is 16.6 Å². The van der Waals surface area contributed by atoms with Crippen molar-refractivity contribution in [3.8, 4) is 0 Å². The molecule has 0 aromatic heterocycles. The second-order valence-electron chi connectivity index (χ2n) is 4.44. The molecule has 0 heterocycles. The van der Waals surface area contributed by atoms with Crippen LogP contribution >= 0.6 is 11.6 Å². The standard InChI is InChI=1S/C15H16ClN3O/c1-10(11-6-8-12(16)9-7-11)18-15(20)13-4-2-3-5-14(13)19-17/h2-10,19H,17H2,1H3,(H,18,20). The summed E-state index contributed by atoms with van der Waals surface area (Å²) in [5.41, 5.74) is 4.61. The highest BCUT2D eigenvalue weighted by Gasteiger charge is 2.14. The van der Waals surface area contributed by atoms with Crippen LogP contribution in [0.15, 0.2) is 48.5 Å². The Labute approximate surface area is 122 Å². The number of hydrazine groups is 1. The Morgan fingerprint density at radius 3 is 2.45 bits per heavy atom. The van der Waals surface area contributed by atoms with E-state index in [1.165, 1.54) is 0 Å². The maximum atomic E-state index is 12.2. The Bertz CT molecular complexity index is 598. The van der Waals surface area contributed by atoms with Gasteiger partial charge >= 0.3 is 0 Å². The third-order valence-corrected chi connectivity index (χ3v) is 3.30. The molecule has 0 aliphatic heterocycles. The fourth-order valence-corrected chi connectivity index (χ4v) is 2.04. The third-order valence-electron chi connectivity index (χ3n) is 3.04. The third kappa shape index (κ3) is 3.29. The van der Waals surface area contributed by atoms with Gasteiger partial charge in [0.15, 0.2) is 0 Å². The minimum Gasteiger partial charge on any atom is -0.345 e. The molecule has 0 saturated heterocycles. The lowest BCUT2D eigenvalue weighted by Crippen LogP contribution is -2.27. The zero-order valence-corrected chi connectivity index (χ0v) is 11.8. The number of carbonyl (C=O) groups is 1. The minimum absolute atomic E-state index is 0.120. The molecule has 0 bridgehead atoms. The van der Waals surface area contributed by atoms with Crippen LogP contribution in [0.4, 0.5) is 5.69 Å². The van der Waals surface area contributed by atoms with Crippen LogP contribution in [0.25, 0.3) is 0 Å². The van der Waals surface area contributed by atoms with Crippen LogP contribution in [0.2, 0.25) is 5.02 Å². The van der Waals surface area contributed by atoms with E-state index in [2.05, 4.69) is 10.7 Å². The first-order valence-electron chi connectivity index (χ1n) is 6.24. The van der Waals surface area contributed by atoms with E-state index >= 15 is 0 Å². The molecule has 104 valence electrons. The van der Waals surface area contributed by atoms with E-state index in [-0.39, 0.29) is 11.9 Å². The van der Waals surface area contributed by atoms with Crippen molar-refractivity contribution < 1.29 is 4.79 Å². The number of hydrogen-bond donors (Lipinski definition) is 3. The van der Waals surface area contributed by atoms with Crippen molar-refractivity contribution in [3.63, 3.8) is 0 Å². The lowest BCUT2D eigenvalue weighted by Gasteiger charge is -2.16. The summed E-state index contributed by atoms with van der Waals surface area (Å²) in [7, 11) is 0. The molecule has 1 atom stereocenters. The topological polar surface area (TPSA) is 67.2 Å². The van der Waals surface area contributed by atoms with Crippen LogP contribution in [0.3, 0.4) is 0 Å². The Hall–Kier alpha value is -2.04. The van der Waals surface area contributed by atoms with Crippen LogP contribution in [0.5, 0.6) is 0 Å². The molecule has 0 fully saturated rings. The van der Waals surface area contributed by atoms with E-state index in [0.29, 0.717) is 16.3 Å². The number of carbonyl (C=O) groups excluding carboxylic acids is 1. The normalized spacial score (nSPS) is 11.8. The number of para-hydroxylation sites is 1. The van der Waals surface area contributed by atoms with Gasteiger partial charge in [-0.3, -0.25) is 10.6 Å². The van der Waals surface area contributed by atoms with Gasteiger partial charge in [0, 0.05) is 5.02 Å². The van der Waals surface area contributed by atoms with Gasteiger partial charge in [-0.05, 0) is 36.8 Å². The van der Waals surface area contributed by atoms with E-state index in [9.17, 15) is 4.79 Å². The maximum absolute atomic E-state index is 12.2. The summed E-state index contributed by atoms with van der Waals surface area (Å²) in [5.74, 6) is 5.22. The Balaban J connectivity index is 2.13. The monoisotopic (exact) mass is 289 g/mol. The van der Waals surface area contributed by atoms with Crippen LogP contribution in [-0.4, -0.2) is 5.91 Å². The fraction of sp³-hybridized carbons (Fsp3) is 0.133. The summed E-state index contributed by atoms with van der Waals surface area (Å²) in [6.07, 6.45) is 0. The number of benzene rings is 2. The number of nitrogen functional groups attached to an aromatic ring is 1. The average Bonchev–Trinajstić information content (AvgIpc) is 2.47. The predicted octanol–water partition coefficient (Wildman–Crippen LogP) is 3.12. The van der Waals surface area contributed by atoms with Gasteiger partial charge in [-0.1, -0.05) is 35.9 Å². The molecule has 4 nitrogen and oxygen atoms in total. The molecular formula is C15H16ClN3O. The molecule has 0 aliphatic carbocycles. The molecule has 0 saturated carbocycles. The summed E-state index contributed by atoms with van der Waals surface area (Å²) < 4.78 is 0. The largest absolute Gasteiger partial charge is 0.345 e. The lowest BCUT2D eigenvalue weighted by molar-refractivity contribution is 0.0940. The Morgan fingerprint density at radius 2 is 1.80 bits per heavy atom. The van der Waals surface area contributed by atoms with Crippen LogP contribution in [-0.2, 0) is 0 Å². The number of hydrogen-bond acceptors (Lipinski definition) is 3. The van der Waals surface area contributed by atoms with Gasteiger partial charge < -0.3 is 10.7 Å². The van der Waals surface area contributed by atoms with Crippen LogP contribution in [0.1, 0.15) is 28.9 Å². The molecule has 0 radical (unpaired) electrons. The first-order chi connectivity index (χ1) is 9.61. The summed E-state index contributed by atoms with van der Waals surface area (Å²) in [6.45, 7) is 1.92. The van der Waals surface area contributed by atoms with Crippen molar-refractivity contribution in [2.24, 2.45) is 5.84 Å². The van der Waals surface area contributed by atoms with Crippen molar-refractivity contribution in [1.82, 2.24) is 5.32 Å². The highest BCUT2D eigenvalue weighted by Crippen LogP contribution is 2.18. The molecule has 5 heteroatoms. The average molecular weight is 290 g/mol. The highest BCUT2D eigenvalue weighted by molar-refractivity contribution is 6.30. The van der Waals surface area contributed by atoms with E-state index in [0.717, 1.165) is 5.56 Å². The Morgan fingerprint density at radius 1 is 1.15 bits per heavy atom. The predicted molar refractivity (Wildman–Crippen MR) is 81.6 cm³/mol. The van der Waals surface area contributed by atoms with Gasteiger partial charge in [0.1, 0.15) is 0 Å². The molecule has 0 aliphatic rings. The van der Waals surface area contributed by atoms with Crippen molar-refractivity contribution in [2.45, 2.75) is 13.0 Å². The molecular weight excluding hydrogens is 274 g/mol. The SMILES string of the molecule is CC(NC(=O)c1ccccc1NN)c1ccc(Cl)cc1. The van der Waals surface area contributed by atoms with Gasteiger partial charge in [-0.2, -0.15) is 0 Å². The fourth-order valence-electron chi connectivity index (χ4n) is 1.92. The molecule has 0 spiro atoms. The molecule has 1 unspecified atom stereocenters. The molecule has 20 heavy (non-hydrogen) atoms. The van der Waals surface area contributed by atoms with Gasteiger partial charge in [-0.15, -0.1) is 0 Å². The van der Waals surface area contributed by atoms with E-state index in [1.54, 1.807) is 30.3 Å². The number of rotatable bonds is 4. The zero-order chi connectivity index (χ0) is 14.5. The summed E-state index contributed by atoms with van der Waals surface area (Å²) >= 11 is 5.85. The summed E-state index contributed by atoms with van der Waals surface area (Å²) in [4.78, 5) is 12.2. The molecule has 4 N–H and O–H groups in total. The molecule has 2 aromatic rings. The molecule has 2 rings (SSSR count). The lowest BCUT2D eigenvalue weighted by atomic mass is 10.1. The smallest absolute Gasteiger partial charge is 0.253 e. The van der Waals surface area contributed by atoms with E-state index in [1.807, 2.05) is 25.1 Å². The number of anilines is 1. The second-order valence-corrected chi connectivity index (χ2v) is 4.87. The Kier molecular flexibility index (Phi) is 4.61. The van der Waals surface area contributed by atoms with E-state index in [4.69, 9.17) is 17.4 Å². The highest BCUT2D eigenvalue weighted by atomic mass is 35.5. The first kappa shape index (κ1) is 14.4. The zero-order valence-electron chi connectivity index (χ0n) is 11.1.